The van der Waals surface area contributed by atoms with Gasteiger partial charge in [-0.15, -0.1) is 6.42 Å². The number of nitrogens with one attached hydrogen (secondary N) is 1. The van der Waals surface area contributed by atoms with Crippen LogP contribution < -0.4 is 10.1 Å². The van der Waals surface area contributed by atoms with E-state index in [4.69, 9.17) is 11.2 Å². The average Bonchev–Trinajstić information content (AvgIpc) is 2.45. The Morgan fingerprint density at radius 1 is 1.26 bits per heavy atom. The van der Waals surface area contributed by atoms with Crippen LogP contribution in [0.2, 0.25) is 0 Å². The molecule has 0 spiro atoms. The summed E-state index contributed by atoms with van der Waals surface area (Å²) in [5.41, 5.74) is 2.56. The number of terminal acetylenes is 1. The molecule has 0 fully saturated rings. The maximum Gasteiger partial charge on any atom is 0.165 e. The Bertz CT molecular complexity index is 616. The summed E-state index contributed by atoms with van der Waals surface area (Å²) in [6.07, 6.45) is 5.34. The maximum absolute atomic E-state index is 13.5. The van der Waals surface area contributed by atoms with E-state index in [-0.39, 0.29) is 11.6 Å². The van der Waals surface area contributed by atoms with Gasteiger partial charge in [-0.2, -0.15) is 0 Å². The predicted molar refractivity (Wildman–Crippen MR) is 74.7 cm³/mol. The zero-order chi connectivity index (χ0) is 13.7. The van der Waals surface area contributed by atoms with Crippen molar-refractivity contribution in [2.45, 2.75) is 6.54 Å². The van der Waals surface area contributed by atoms with Crippen LogP contribution in [0.1, 0.15) is 11.1 Å². The molecular formula is C16H14FNO. The first kappa shape index (κ1) is 13.0. The van der Waals surface area contributed by atoms with Gasteiger partial charge in [0.15, 0.2) is 11.6 Å². The predicted octanol–water partition coefficient (Wildman–Crippen LogP) is 3.43. The minimum absolute atomic E-state index is 0.248. The summed E-state index contributed by atoms with van der Waals surface area (Å²) < 4.78 is 18.4. The molecule has 0 atom stereocenters. The third-order valence-corrected chi connectivity index (χ3v) is 2.74. The molecular weight excluding hydrogens is 241 g/mol. The summed E-state index contributed by atoms with van der Waals surface area (Å²) in [7, 11) is 1.45. The van der Waals surface area contributed by atoms with Crippen LogP contribution in [-0.2, 0) is 6.54 Å². The van der Waals surface area contributed by atoms with Crippen molar-refractivity contribution in [3.05, 3.63) is 59.4 Å². The van der Waals surface area contributed by atoms with Gasteiger partial charge >= 0.3 is 0 Å². The molecule has 2 rings (SSSR count). The second-order valence-electron chi connectivity index (χ2n) is 4.05. The van der Waals surface area contributed by atoms with E-state index in [0.29, 0.717) is 6.54 Å². The van der Waals surface area contributed by atoms with E-state index in [1.165, 1.54) is 13.2 Å². The van der Waals surface area contributed by atoms with Gasteiger partial charge in [0, 0.05) is 17.8 Å². The molecule has 0 unspecified atom stereocenters. The van der Waals surface area contributed by atoms with Crippen LogP contribution in [-0.4, -0.2) is 7.11 Å². The number of halogens is 1. The molecule has 0 aliphatic rings. The lowest BCUT2D eigenvalue weighted by Gasteiger charge is -2.08. The Balaban J connectivity index is 2.06. The molecule has 19 heavy (non-hydrogen) atoms. The first-order valence-electron chi connectivity index (χ1n) is 5.86. The molecule has 2 aromatic rings. The van der Waals surface area contributed by atoms with Crippen molar-refractivity contribution in [1.82, 2.24) is 0 Å². The van der Waals surface area contributed by atoms with Crippen LogP contribution in [0.5, 0.6) is 5.75 Å². The Morgan fingerprint density at radius 3 is 2.79 bits per heavy atom. The lowest BCUT2D eigenvalue weighted by Crippen LogP contribution is -2.00. The average molecular weight is 255 g/mol. The van der Waals surface area contributed by atoms with Gasteiger partial charge < -0.3 is 10.1 Å². The Labute approximate surface area is 112 Å². The quantitative estimate of drug-likeness (QED) is 0.845. The fraction of sp³-hybridized carbons (Fsp3) is 0.125. The van der Waals surface area contributed by atoms with E-state index in [9.17, 15) is 4.39 Å². The third-order valence-electron chi connectivity index (χ3n) is 2.74. The molecule has 96 valence electrons. The second kappa shape index (κ2) is 5.92. The number of ether oxygens (including phenoxy) is 1. The highest BCUT2D eigenvalue weighted by Crippen LogP contribution is 2.18. The number of hydrogen-bond acceptors (Lipinski definition) is 2. The van der Waals surface area contributed by atoms with E-state index in [1.807, 2.05) is 30.3 Å². The first-order chi connectivity index (χ1) is 9.22. The summed E-state index contributed by atoms with van der Waals surface area (Å²) >= 11 is 0. The molecule has 0 bridgehead atoms. The molecule has 3 heteroatoms. The minimum Gasteiger partial charge on any atom is -0.494 e. The zero-order valence-corrected chi connectivity index (χ0v) is 10.6. The van der Waals surface area contributed by atoms with Gasteiger partial charge in [-0.05, 0) is 35.9 Å². The van der Waals surface area contributed by atoms with Gasteiger partial charge in [0.05, 0.1) is 7.11 Å². The van der Waals surface area contributed by atoms with E-state index in [1.54, 1.807) is 6.07 Å². The minimum atomic E-state index is -0.362. The van der Waals surface area contributed by atoms with Crippen LogP contribution in [0.3, 0.4) is 0 Å². The Kier molecular flexibility index (Phi) is 4.04. The molecule has 2 aromatic carbocycles. The summed E-state index contributed by atoms with van der Waals surface area (Å²) in [5, 5.41) is 3.20. The molecule has 0 saturated heterocycles. The van der Waals surface area contributed by atoms with E-state index >= 15 is 0 Å². The van der Waals surface area contributed by atoms with Crippen molar-refractivity contribution in [2.24, 2.45) is 0 Å². The SMILES string of the molecule is C#Cc1cccc(NCc2ccc(OC)c(F)c2)c1. The molecule has 0 radical (unpaired) electrons. The zero-order valence-electron chi connectivity index (χ0n) is 10.6. The van der Waals surface area contributed by atoms with Crippen LogP contribution in [0.4, 0.5) is 10.1 Å². The highest BCUT2D eigenvalue weighted by atomic mass is 19.1. The lowest BCUT2D eigenvalue weighted by molar-refractivity contribution is 0.386. The van der Waals surface area contributed by atoms with Crippen molar-refractivity contribution >= 4 is 5.69 Å². The number of anilines is 1. The molecule has 0 aromatic heterocycles. The topological polar surface area (TPSA) is 21.3 Å². The third kappa shape index (κ3) is 3.26. The maximum atomic E-state index is 13.5. The summed E-state index contributed by atoms with van der Waals surface area (Å²) in [6.45, 7) is 0.523. The highest BCUT2D eigenvalue weighted by molar-refractivity contribution is 5.50. The van der Waals surface area contributed by atoms with Gasteiger partial charge in [0.2, 0.25) is 0 Å². The number of benzene rings is 2. The van der Waals surface area contributed by atoms with Crippen molar-refractivity contribution in [3.8, 4) is 18.1 Å². The smallest absolute Gasteiger partial charge is 0.165 e. The van der Waals surface area contributed by atoms with Crippen molar-refractivity contribution in [2.75, 3.05) is 12.4 Å². The fourth-order valence-electron chi connectivity index (χ4n) is 1.74. The highest BCUT2D eigenvalue weighted by Gasteiger charge is 2.03. The standard InChI is InChI=1S/C16H14FNO/c1-3-12-5-4-6-14(9-12)18-11-13-7-8-16(19-2)15(17)10-13/h1,4-10,18H,11H2,2H3. The molecule has 0 amide bonds. The van der Waals surface area contributed by atoms with Crippen LogP contribution >= 0.6 is 0 Å². The van der Waals surface area contributed by atoms with E-state index in [2.05, 4.69) is 11.2 Å². The van der Waals surface area contributed by atoms with Crippen molar-refractivity contribution in [1.29, 1.82) is 0 Å². The normalized spacial score (nSPS) is 9.74. The van der Waals surface area contributed by atoms with Crippen LogP contribution in [0.25, 0.3) is 0 Å². The lowest BCUT2D eigenvalue weighted by atomic mass is 10.2. The van der Waals surface area contributed by atoms with Gasteiger partial charge in [-0.25, -0.2) is 4.39 Å². The molecule has 0 aliphatic heterocycles. The van der Waals surface area contributed by atoms with Crippen LogP contribution in [0, 0.1) is 18.2 Å². The van der Waals surface area contributed by atoms with Crippen LogP contribution in [0.15, 0.2) is 42.5 Å². The molecule has 0 saturated carbocycles. The fourth-order valence-corrected chi connectivity index (χ4v) is 1.74. The molecule has 2 nitrogen and oxygen atoms in total. The Hall–Kier alpha value is -2.47. The number of rotatable bonds is 4. The number of hydrogen-bond donors (Lipinski definition) is 1. The molecule has 0 heterocycles. The summed E-state index contributed by atoms with van der Waals surface area (Å²) in [4.78, 5) is 0. The first-order valence-corrected chi connectivity index (χ1v) is 5.86. The van der Waals surface area contributed by atoms with Gasteiger partial charge in [-0.1, -0.05) is 18.1 Å². The van der Waals surface area contributed by atoms with Gasteiger partial charge in [0.1, 0.15) is 0 Å². The van der Waals surface area contributed by atoms with E-state index < -0.39 is 0 Å². The molecule has 1 N–H and O–H groups in total. The van der Waals surface area contributed by atoms with Gasteiger partial charge in [-0.3, -0.25) is 0 Å². The molecule has 0 aliphatic carbocycles. The summed E-state index contributed by atoms with van der Waals surface area (Å²) in [6, 6.07) is 12.4. The second-order valence-corrected chi connectivity index (χ2v) is 4.05. The van der Waals surface area contributed by atoms with E-state index in [0.717, 1.165) is 16.8 Å². The van der Waals surface area contributed by atoms with Crippen molar-refractivity contribution < 1.29 is 9.13 Å². The number of methoxy groups -OCH3 is 1. The Morgan fingerprint density at radius 2 is 2.11 bits per heavy atom. The van der Waals surface area contributed by atoms with Crippen molar-refractivity contribution in [3.63, 3.8) is 0 Å². The largest absolute Gasteiger partial charge is 0.494 e. The monoisotopic (exact) mass is 255 g/mol. The summed E-state index contributed by atoms with van der Waals surface area (Å²) in [5.74, 6) is 2.46. The van der Waals surface area contributed by atoms with Gasteiger partial charge in [0.25, 0.3) is 0 Å².